The molecule has 21 heavy (non-hydrogen) atoms. The minimum absolute atomic E-state index is 0.0604. The standard InChI is InChI=1S/C17H25NO3/c1-14-5-7-15(8-6-14)21-12-4-11-18-16(19)13-17(20)9-2-3-10-17/h5-8,20H,2-4,9-13H2,1H3,(H,18,19). The van der Waals surface area contributed by atoms with Gasteiger partial charge in [-0.05, 0) is 38.3 Å². The third kappa shape index (κ3) is 5.38. The summed E-state index contributed by atoms with van der Waals surface area (Å²) in [7, 11) is 0. The molecule has 4 nitrogen and oxygen atoms in total. The van der Waals surface area contributed by atoms with Gasteiger partial charge in [-0.2, -0.15) is 0 Å². The quantitative estimate of drug-likeness (QED) is 0.759. The van der Waals surface area contributed by atoms with Crippen molar-refractivity contribution in [2.75, 3.05) is 13.2 Å². The highest BCUT2D eigenvalue weighted by Crippen LogP contribution is 2.32. The summed E-state index contributed by atoms with van der Waals surface area (Å²) in [5, 5.41) is 13.0. The lowest BCUT2D eigenvalue weighted by Gasteiger charge is -2.21. The molecule has 4 heteroatoms. The summed E-state index contributed by atoms with van der Waals surface area (Å²) >= 11 is 0. The summed E-state index contributed by atoms with van der Waals surface area (Å²) in [4.78, 5) is 11.8. The molecule has 0 bridgehead atoms. The van der Waals surface area contributed by atoms with Crippen LogP contribution in [0.2, 0.25) is 0 Å². The van der Waals surface area contributed by atoms with Gasteiger partial charge in [0.25, 0.3) is 0 Å². The highest BCUT2D eigenvalue weighted by Gasteiger charge is 2.33. The smallest absolute Gasteiger partial charge is 0.222 e. The van der Waals surface area contributed by atoms with Crippen LogP contribution in [0.15, 0.2) is 24.3 Å². The lowest BCUT2D eigenvalue weighted by molar-refractivity contribution is -0.125. The maximum absolute atomic E-state index is 11.8. The van der Waals surface area contributed by atoms with E-state index < -0.39 is 5.60 Å². The Morgan fingerprint density at radius 1 is 1.29 bits per heavy atom. The Hall–Kier alpha value is -1.55. The molecule has 1 aromatic carbocycles. The van der Waals surface area contributed by atoms with Crippen molar-refractivity contribution >= 4 is 5.91 Å². The normalized spacial score (nSPS) is 16.7. The van der Waals surface area contributed by atoms with Gasteiger partial charge in [0.1, 0.15) is 5.75 Å². The molecule has 0 radical (unpaired) electrons. The number of carbonyl (C=O) groups excluding carboxylic acids is 1. The van der Waals surface area contributed by atoms with Crippen molar-refractivity contribution in [2.45, 2.75) is 51.0 Å². The van der Waals surface area contributed by atoms with Gasteiger partial charge in [-0.25, -0.2) is 0 Å². The number of rotatable bonds is 7. The van der Waals surface area contributed by atoms with Crippen molar-refractivity contribution in [2.24, 2.45) is 0 Å². The van der Waals surface area contributed by atoms with E-state index in [0.717, 1.165) is 37.9 Å². The minimum Gasteiger partial charge on any atom is -0.494 e. The first-order chi connectivity index (χ1) is 10.1. The molecule has 1 aromatic rings. The van der Waals surface area contributed by atoms with Crippen LogP contribution < -0.4 is 10.1 Å². The zero-order valence-corrected chi connectivity index (χ0v) is 12.7. The van der Waals surface area contributed by atoms with Crippen LogP contribution in [0, 0.1) is 6.92 Å². The van der Waals surface area contributed by atoms with Crippen molar-refractivity contribution in [3.05, 3.63) is 29.8 Å². The summed E-state index contributed by atoms with van der Waals surface area (Å²) < 4.78 is 5.60. The van der Waals surface area contributed by atoms with Crippen LogP contribution in [0.1, 0.15) is 44.1 Å². The Balaban J connectivity index is 1.57. The van der Waals surface area contributed by atoms with Crippen LogP contribution >= 0.6 is 0 Å². The zero-order valence-electron chi connectivity index (χ0n) is 12.7. The van der Waals surface area contributed by atoms with Gasteiger partial charge in [-0.15, -0.1) is 0 Å². The van der Waals surface area contributed by atoms with Gasteiger partial charge in [0.05, 0.1) is 18.6 Å². The molecular weight excluding hydrogens is 266 g/mol. The lowest BCUT2D eigenvalue weighted by Crippen LogP contribution is -2.35. The Bertz CT molecular complexity index is 450. The predicted molar refractivity (Wildman–Crippen MR) is 82.3 cm³/mol. The van der Waals surface area contributed by atoms with E-state index in [4.69, 9.17) is 4.74 Å². The molecule has 1 fully saturated rings. The number of hydrogen-bond donors (Lipinski definition) is 2. The molecular formula is C17H25NO3. The molecule has 1 amide bonds. The number of carbonyl (C=O) groups is 1. The van der Waals surface area contributed by atoms with Gasteiger partial charge in [-0.3, -0.25) is 4.79 Å². The minimum atomic E-state index is -0.761. The topological polar surface area (TPSA) is 58.6 Å². The third-order valence-corrected chi connectivity index (χ3v) is 3.96. The van der Waals surface area contributed by atoms with Crippen molar-refractivity contribution in [1.29, 1.82) is 0 Å². The fourth-order valence-electron chi connectivity index (χ4n) is 2.70. The fraction of sp³-hybridized carbons (Fsp3) is 0.588. The molecule has 116 valence electrons. The SMILES string of the molecule is Cc1ccc(OCCCNC(=O)CC2(O)CCCC2)cc1. The van der Waals surface area contributed by atoms with E-state index in [-0.39, 0.29) is 12.3 Å². The highest BCUT2D eigenvalue weighted by atomic mass is 16.5. The summed E-state index contributed by atoms with van der Waals surface area (Å²) in [5.41, 5.74) is 0.446. The number of ether oxygens (including phenoxy) is 1. The number of amides is 1. The Morgan fingerprint density at radius 3 is 2.62 bits per heavy atom. The molecule has 2 N–H and O–H groups in total. The summed E-state index contributed by atoms with van der Waals surface area (Å²) in [6, 6.07) is 7.92. The predicted octanol–water partition coefficient (Wildman–Crippen LogP) is 2.58. The molecule has 2 rings (SSSR count). The summed E-state index contributed by atoms with van der Waals surface area (Å²) in [6.45, 7) is 3.20. The molecule has 0 spiro atoms. The molecule has 1 saturated carbocycles. The fourth-order valence-corrected chi connectivity index (χ4v) is 2.70. The Labute approximate surface area is 126 Å². The Morgan fingerprint density at radius 2 is 1.95 bits per heavy atom. The van der Waals surface area contributed by atoms with Gasteiger partial charge >= 0.3 is 0 Å². The summed E-state index contributed by atoms with van der Waals surface area (Å²) in [6.07, 6.45) is 4.53. The second kappa shape index (κ2) is 7.46. The molecule has 0 atom stereocenters. The molecule has 0 unspecified atom stereocenters. The number of hydrogen-bond acceptors (Lipinski definition) is 3. The van der Waals surface area contributed by atoms with Crippen LogP contribution in [0.25, 0.3) is 0 Å². The van der Waals surface area contributed by atoms with Crippen molar-refractivity contribution in [3.63, 3.8) is 0 Å². The van der Waals surface area contributed by atoms with E-state index in [9.17, 15) is 9.90 Å². The zero-order chi connectivity index (χ0) is 15.1. The van der Waals surface area contributed by atoms with Crippen molar-refractivity contribution in [1.82, 2.24) is 5.32 Å². The van der Waals surface area contributed by atoms with Gasteiger partial charge in [0.2, 0.25) is 5.91 Å². The average molecular weight is 291 g/mol. The number of nitrogens with one attached hydrogen (secondary N) is 1. The van der Waals surface area contributed by atoms with E-state index in [1.165, 1.54) is 5.56 Å². The van der Waals surface area contributed by atoms with Crippen LogP contribution in [0.5, 0.6) is 5.75 Å². The molecule has 0 saturated heterocycles. The maximum Gasteiger partial charge on any atom is 0.222 e. The second-order valence-electron chi connectivity index (χ2n) is 5.97. The first-order valence-electron chi connectivity index (χ1n) is 7.76. The van der Waals surface area contributed by atoms with E-state index >= 15 is 0 Å². The van der Waals surface area contributed by atoms with Gasteiger partial charge < -0.3 is 15.2 Å². The van der Waals surface area contributed by atoms with Crippen molar-refractivity contribution < 1.29 is 14.6 Å². The molecule has 0 aromatic heterocycles. The summed E-state index contributed by atoms with van der Waals surface area (Å²) in [5.74, 6) is 0.793. The molecule has 0 heterocycles. The molecule has 1 aliphatic carbocycles. The number of aliphatic hydroxyl groups is 1. The van der Waals surface area contributed by atoms with E-state index in [2.05, 4.69) is 5.32 Å². The van der Waals surface area contributed by atoms with Crippen LogP contribution in [-0.2, 0) is 4.79 Å². The number of benzene rings is 1. The van der Waals surface area contributed by atoms with E-state index in [1.54, 1.807) is 0 Å². The van der Waals surface area contributed by atoms with Gasteiger partial charge in [0.15, 0.2) is 0 Å². The lowest BCUT2D eigenvalue weighted by atomic mass is 9.98. The third-order valence-electron chi connectivity index (χ3n) is 3.96. The second-order valence-corrected chi connectivity index (χ2v) is 5.97. The average Bonchev–Trinajstić information content (AvgIpc) is 2.87. The maximum atomic E-state index is 11.8. The van der Waals surface area contributed by atoms with Crippen LogP contribution in [-0.4, -0.2) is 29.8 Å². The molecule has 0 aliphatic heterocycles. The van der Waals surface area contributed by atoms with Crippen LogP contribution in [0.4, 0.5) is 0 Å². The van der Waals surface area contributed by atoms with Crippen LogP contribution in [0.3, 0.4) is 0 Å². The molecule has 1 aliphatic rings. The van der Waals surface area contributed by atoms with E-state index in [1.807, 2.05) is 31.2 Å². The first kappa shape index (κ1) is 15.8. The van der Waals surface area contributed by atoms with Gasteiger partial charge in [0, 0.05) is 6.54 Å². The van der Waals surface area contributed by atoms with Crippen molar-refractivity contribution in [3.8, 4) is 5.75 Å². The highest BCUT2D eigenvalue weighted by molar-refractivity contribution is 5.77. The van der Waals surface area contributed by atoms with Gasteiger partial charge in [-0.1, -0.05) is 30.5 Å². The largest absolute Gasteiger partial charge is 0.494 e. The Kier molecular flexibility index (Phi) is 5.62. The van der Waals surface area contributed by atoms with E-state index in [0.29, 0.717) is 13.2 Å². The monoisotopic (exact) mass is 291 g/mol. The first-order valence-corrected chi connectivity index (χ1v) is 7.76. The number of aryl methyl sites for hydroxylation is 1.